The normalized spacial score (nSPS) is 12.6. The lowest BCUT2D eigenvalue weighted by molar-refractivity contribution is 0.190. The molecule has 1 aromatic heterocycles. The third-order valence-corrected chi connectivity index (χ3v) is 2.68. The quantitative estimate of drug-likeness (QED) is 0.876. The molecule has 2 aromatic rings. The summed E-state index contributed by atoms with van der Waals surface area (Å²) in [5.74, 6) is 0. The van der Waals surface area contributed by atoms with Crippen molar-refractivity contribution in [3.8, 4) is 0 Å². The summed E-state index contributed by atoms with van der Waals surface area (Å²) in [6.07, 6.45) is 0. The van der Waals surface area contributed by atoms with Crippen LogP contribution in [0.15, 0.2) is 30.3 Å². The van der Waals surface area contributed by atoms with E-state index in [4.69, 9.17) is 4.74 Å². The van der Waals surface area contributed by atoms with Gasteiger partial charge in [0.05, 0.1) is 17.8 Å². The third-order valence-electron chi connectivity index (χ3n) is 2.68. The van der Waals surface area contributed by atoms with Crippen molar-refractivity contribution in [2.75, 3.05) is 19.0 Å². The highest BCUT2D eigenvalue weighted by Gasteiger charge is 2.06. The van der Waals surface area contributed by atoms with Crippen LogP contribution in [0.2, 0.25) is 0 Å². The lowest BCUT2D eigenvalue weighted by atomic mass is 10.1. The number of pyridine rings is 1. The fourth-order valence-corrected chi connectivity index (χ4v) is 1.92. The first kappa shape index (κ1) is 11.9. The van der Waals surface area contributed by atoms with Crippen LogP contribution in [0.1, 0.15) is 12.6 Å². The Balaban J connectivity index is 2.36. The summed E-state index contributed by atoms with van der Waals surface area (Å²) in [6, 6.07) is 10.6. The van der Waals surface area contributed by atoms with Crippen molar-refractivity contribution in [2.45, 2.75) is 19.9 Å². The summed E-state index contributed by atoms with van der Waals surface area (Å²) in [4.78, 5) is 4.59. The van der Waals surface area contributed by atoms with Crippen LogP contribution < -0.4 is 5.32 Å². The number of rotatable bonds is 4. The molecule has 3 heteroatoms. The van der Waals surface area contributed by atoms with Gasteiger partial charge in [-0.15, -0.1) is 0 Å². The van der Waals surface area contributed by atoms with Gasteiger partial charge in [0.2, 0.25) is 0 Å². The van der Waals surface area contributed by atoms with E-state index in [0.29, 0.717) is 6.61 Å². The van der Waals surface area contributed by atoms with Crippen LogP contribution in [0, 0.1) is 6.92 Å². The number of hydrogen-bond donors (Lipinski definition) is 1. The van der Waals surface area contributed by atoms with Crippen molar-refractivity contribution in [1.82, 2.24) is 4.98 Å². The fraction of sp³-hybridized carbons (Fsp3) is 0.357. The van der Waals surface area contributed by atoms with Gasteiger partial charge in [-0.05, 0) is 26.0 Å². The van der Waals surface area contributed by atoms with Crippen molar-refractivity contribution in [3.63, 3.8) is 0 Å². The minimum atomic E-state index is 0.271. The summed E-state index contributed by atoms with van der Waals surface area (Å²) < 4.78 is 5.13. The monoisotopic (exact) mass is 230 g/mol. The minimum Gasteiger partial charge on any atom is -0.383 e. The van der Waals surface area contributed by atoms with E-state index in [2.05, 4.69) is 35.4 Å². The molecule has 3 nitrogen and oxygen atoms in total. The van der Waals surface area contributed by atoms with Gasteiger partial charge in [0.25, 0.3) is 0 Å². The van der Waals surface area contributed by atoms with Gasteiger partial charge in [0, 0.05) is 24.2 Å². The lowest BCUT2D eigenvalue weighted by Crippen LogP contribution is -2.21. The minimum absolute atomic E-state index is 0.271. The van der Waals surface area contributed by atoms with E-state index >= 15 is 0 Å². The molecule has 0 radical (unpaired) electrons. The van der Waals surface area contributed by atoms with Gasteiger partial charge in [-0.2, -0.15) is 0 Å². The number of nitrogens with zero attached hydrogens (tertiary/aromatic N) is 1. The number of fused-ring (bicyclic) bond motifs is 1. The summed E-state index contributed by atoms with van der Waals surface area (Å²) in [7, 11) is 1.71. The van der Waals surface area contributed by atoms with E-state index in [-0.39, 0.29) is 6.04 Å². The zero-order valence-electron chi connectivity index (χ0n) is 10.5. The molecule has 2 rings (SSSR count). The summed E-state index contributed by atoms with van der Waals surface area (Å²) in [5.41, 5.74) is 3.12. The van der Waals surface area contributed by atoms with E-state index in [1.165, 1.54) is 0 Å². The number of benzene rings is 1. The molecule has 0 aliphatic carbocycles. The molecule has 1 aromatic carbocycles. The van der Waals surface area contributed by atoms with E-state index in [0.717, 1.165) is 22.3 Å². The first-order valence-corrected chi connectivity index (χ1v) is 5.82. The topological polar surface area (TPSA) is 34.1 Å². The van der Waals surface area contributed by atoms with Crippen molar-refractivity contribution < 1.29 is 4.74 Å². The number of para-hydroxylation sites is 1. The van der Waals surface area contributed by atoms with Gasteiger partial charge in [0.1, 0.15) is 0 Å². The SMILES string of the molecule is COCC(C)Nc1cccc2ccc(C)nc12. The predicted octanol–water partition coefficient (Wildman–Crippen LogP) is 2.99. The van der Waals surface area contributed by atoms with Crippen LogP contribution in [0.5, 0.6) is 0 Å². The molecule has 90 valence electrons. The Bertz CT molecular complexity index is 511. The molecular weight excluding hydrogens is 212 g/mol. The Morgan fingerprint density at radius 3 is 2.88 bits per heavy atom. The van der Waals surface area contributed by atoms with Crippen LogP contribution in [0.3, 0.4) is 0 Å². The molecule has 0 aliphatic rings. The molecular formula is C14H18N2O. The molecule has 0 spiro atoms. The van der Waals surface area contributed by atoms with Crippen molar-refractivity contribution in [2.24, 2.45) is 0 Å². The maximum absolute atomic E-state index is 5.13. The first-order chi connectivity index (χ1) is 8.20. The Morgan fingerprint density at radius 1 is 1.29 bits per heavy atom. The molecule has 1 heterocycles. The Hall–Kier alpha value is -1.61. The number of hydrogen-bond acceptors (Lipinski definition) is 3. The number of ether oxygens (including phenoxy) is 1. The Morgan fingerprint density at radius 2 is 2.12 bits per heavy atom. The van der Waals surface area contributed by atoms with E-state index < -0.39 is 0 Å². The van der Waals surface area contributed by atoms with Gasteiger partial charge in [-0.1, -0.05) is 18.2 Å². The zero-order valence-corrected chi connectivity index (χ0v) is 10.5. The highest BCUT2D eigenvalue weighted by molar-refractivity contribution is 5.90. The Labute approximate surface area is 102 Å². The second-order valence-corrected chi connectivity index (χ2v) is 4.33. The predicted molar refractivity (Wildman–Crippen MR) is 71.4 cm³/mol. The summed E-state index contributed by atoms with van der Waals surface area (Å²) in [6.45, 7) is 4.79. The van der Waals surface area contributed by atoms with Gasteiger partial charge < -0.3 is 10.1 Å². The second-order valence-electron chi connectivity index (χ2n) is 4.33. The van der Waals surface area contributed by atoms with E-state index in [1.54, 1.807) is 7.11 Å². The maximum Gasteiger partial charge on any atom is 0.0936 e. The molecule has 0 amide bonds. The highest BCUT2D eigenvalue weighted by Crippen LogP contribution is 2.22. The van der Waals surface area contributed by atoms with Crippen molar-refractivity contribution in [1.29, 1.82) is 0 Å². The van der Waals surface area contributed by atoms with Crippen LogP contribution in [-0.4, -0.2) is 24.7 Å². The molecule has 0 fully saturated rings. The van der Waals surface area contributed by atoms with Crippen molar-refractivity contribution in [3.05, 3.63) is 36.0 Å². The van der Waals surface area contributed by atoms with Gasteiger partial charge in [0.15, 0.2) is 0 Å². The van der Waals surface area contributed by atoms with E-state index in [9.17, 15) is 0 Å². The molecule has 0 saturated heterocycles. The molecule has 1 unspecified atom stereocenters. The third kappa shape index (κ3) is 2.74. The number of anilines is 1. The van der Waals surface area contributed by atoms with Crippen LogP contribution in [-0.2, 0) is 4.74 Å². The maximum atomic E-state index is 5.13. The smallest absolute Gasteiger partial charge is 0.0936 e. The van der Waals surface area contributed by atoms with Crippen molar-refractivity contribution >= 4 is 16.6 Å². The zero-order chi connectivity index (χ0) is 12.3. The fourth-order valence-electron chi connectivity index (χ4n) is 1.92. The van der Waals surface area contributed by atoms with Gasteiger partial charge in [-0.25, -0.2) is 0 Å². The number of nitrogens with one attached hydrogen (secondary N) is 1. The van der Waals surface area contributed by atoms with Crippen LogP contribution in [0.4, 0.5) is 5.69 Å². The van der Waals surface area contributed by atoms with Gasteiger partial charge >= 0.3 is 0 Å². The average molecular weight is 230 g/mol. The van der Waals surface area contributed by atoms with Gasteiger partial charge in [-0.3, -0.25) is 4.98 Å². The molecule has 0 aliphatic heterocycles. The molecule has 0 saturated carbocycles. The first-order valence-electron chi connectivity index (χ1n) is 5.82. The Kier molecular flexibility index (Phi) is 3.59. The lowest BCUT2D eigenvalue weighted by Gasteiger charge is -2.15. The highest BCUT2D eigenvalue weighted by atomic mass is 16.5. The molecule has 1 N–H and O–H groups in total. The summed E-state index contributed by atoms with van der Waals surface area (Å²) >= 11 is 0. The molecule has 1 atom stereocenters. The van der Waals surface area contributed by atoms with Crippen LogP contribution >= 0.6 is 0 Å². The largest absolute Gasteiger partial charge is 0.383 e. The average Bonchev–Trinajstić information content (AvgIpc) is 2.30. The van der Waals surface area contributed by atoms with Crippen LogP contribution in [0.25, 0.3) is 10.9 Å². The van der Waals surface area contributed by atoms with E-state index in [1.807, 2.05) is 19.1 Å². The number of aromatic nitrogens is 1. The molecule has 0 bridgehead atoms. The number of methoxy groups -OCH3 is 1. The summed E-state index contributed by atoms with van der Waals surface area (Å²) in [5, 5.41) is 4.58. The second kappa shape index (κ2) is 5.15. The molecule has 17 heavy (non-hydrogen) atoms. The standard InChI is InChI=1S/C14H18N2O/c1-10-7-8-12-5-4-6-13(14(12)16-10)15-11(2)9-17-3/h4-8,11,15H,9H2,1-3H3. The number of aryl methyl sites for hydroxylation is 1.